The number of benzene rings is 1. The maximum atomic E-state index is 8.85. The predicted molar refractivity (Wildman–Crippen MR) is 75.4 cm³/mol. The lowest BCUT2D eigenvalue weighted by Gasteiger charge is -2.25. The second-order valence-electron chi connectivity index (χ2n) is 5.38. The molecule has 1 N–H and O–H groups in total. The molecule has 0 radical (unpaired) electrons. The van der Waals surface area contributed by atoms with E-state index in [0.717, 1.165) is 17.1 Å². The standard InChI is InChI=1S/C15H24O4/c1-15(2,3)12-9-11(17-4)10-13(18-5)14(12)19-8-6-7-16/h9-10,16H,6-8H2,1-5H3. The first-order valence-corrected chi connectivity index (χ1v) is 6.44. The summed E-state index contributed by atoms with van der Waals surface area (Å²) in [4.78, 5) is 0. The summed E-state index contributed by atoms with van der Waals surface area (Å²) in [5.41, 5.74) is 0.942. The minimum atomic E-state index is -0.0869. The van der Waals surface area contributed by atoms with Gasteiger partial charge in [0.2, 0.25) is 0 Å². The van der Waals surface area contributed by atoms with Crippen molar-refractivity contribution in [1.82, 2.24) is 0 Å². The SMILES string of the molecule is COc1cc(OC)c(OCCCO)c(C(C)(C)C)c1. The molecule has 1 rings (SSSR count). The van der Waals surface area contributed by atoms with Gasteiger partial charge in [0.05, 0.1) is 20.8 Å². The second-order valence-corrected chi connectivity index (χ2v) is 5.38. The maximum Gasteiger partial charge on any atom is 0.165 e. The van der Waals surface area contributed by atoms with Crippen molar-refractivity contribution in [3.05, 3.63) is 17.7 Å². The van der Waals surface area contributed by atoms with Crippen molar-refractivity contribution in [1.29, 1.82) is 0 Å². The molecule has 0 aliphatic carbocycles. The molecule has 1 aromatic carbocycles. The van der Waals surface area contributed by atoms with Gasteiger partial charge in [-0.2, -0.15) is 0 Å². The molecule has 0 spiro atoms. The summed E-state index contributed by atoms with van der Waals surface area (Å²) in [6.07, 6.45) is 0.596. The molecule has 108 valence electrons. The van der Waals surface area contributed by atoms with Crippen molar-refractivity contribution in [2.45, 2.75) is 32.6 Å². The number of aliphatic hydroxyl groups excluding tert-OH is 1. The van der Waals surface area contributed by atoms with Gasteiger partial charge in [0, 0.05) is 24.7 Å². The normalized spacial score (nSPS) is 11.3. The average molecular weight is 268 g/mol. The fraction of sp³-hybridized carbons (Fsp3) is 0.600. The Morgan fingerprint density at radius 2 is 1.79 bits per heavy atom. The van der Waals surface area contributed by atoms with Crippen LogP contribution in [0.25, 0.3) is 0 Å². The van der Waals surface area contributed by atoms with E-state index in [4.69, 9.17) is 19.3 Å². The number of aliphatic hydroxyl groups is 1. The van der Waals surface area contributed by atoms with Gasteiger partial charge in [-0.3, -0.25) is 0 Å². The molecule has 19 heavy (non-hydrogen) atoms. The van der Waals surface area contributed by atoms with E-state index in [1.807, 2.05) is 12.1 Å². The van der Waals surface area contributed by atoms with E-state index in [1.54, 1.807) is 14.2 Å². The maximum absolute atomic E-state index is 8.85. The van der Waals surface area contributed by atoms with Crippen LogP contribution in [0.3, 0.4) is 0 Å². The van der Waals surface area contributed by atoms with E-state index >= 15 is 0 Å². The molecule has 4 heteroatoms. The number of methoxy groups -OCH3 is 2. The zero-order chi connectivity index (χ0) is 14.5. The largest absolute Gasteiger partial charge is 0.497 e. The first-order chi connectivity index (χ1) is 8.93. The molecular weight excluding hydrogens is 244 g/mol. The topological polar surface area (TPSA) is 47.9 Å². The van der Waals surface area contributed by atoms with Gasteiger partial charge < -0.3 is 19.3 Å². The Balaban J connectivity index is 3.22. The smallest absolute Gasteiger partial charge is 0.165 e. The highest BCUT2D eigenvalue weighted by Crippen LogP contribution is 2.41. The lowest BCUT2D eigenvalue weighted by Crippen LogP contribution is -2.15. The van der Waals surface area contributed by atoms with Gasteiger partial charge >= 0.3 is 0 Å². The number of rotatable bonds is 6. The Bertz CT molecular complexity index is 407. The lowest BCUT2D eigenvalue weighted by atomic mass is 9.86. The Kier molecular flexibility index (Phi) is 5.48. The van der Waals surface area contributed by atoms with Crippen LogP contribution in [-0.2, 0) is 5.41 Å². The third kappa shape index (κ3) is 4.03. The Labute approximate surface area is 115 Å². The number of hydrogen-bond acceptors (Lipinski definition) is 4. The van der Waals surface area contributed by atoms with Gasteiger partial charge in [-0.25, -0.2) is 0 Å². The van der Waals surface area contributed by atoms with Crippen molar-refractivity contribution in [2.24, 2.45) is 0 Å². The summed E-state index contributed by atoms with van der Waals surface area (Å²) < 4.78 is 16.5. The van der Waals surface area contributed by atoms with Crippen LogP contribution in [0.1, 0.15) is 32.8 Å². The Hall–Kier alpha value is -1.42. The average Bonchev–Trinajstić information content (AvgIpc) is 2.37. The fourth-order valence-corrected chi connectivity index (χ4v) is 1.79. The monoisotopic (exact) mass is 268 g/mol. The van der Waals surface area contributed by atoms with Crippen molar-refractivity contribution >= 4 is 0 Å². The van der Waals surface area contributed by atoms with E-state index in [2.05, 4.69) is 20.8 Å². The van der Waals surface area contributed by atoms with Crippen LogP contribution in [0, 0.1) is 0 Å². The fourth-order valence-electron chi connectivity index (χ4n) is 1.79. The highest BCUT2D eigenvalue weighted by Gasteiger charge is 2.23. The predicted octanol–water partition coefficient (Wildman–Crippen LogP) is 2.76. The van der Waals surface area contributed by atoms with Crippen molar-refractivity contribution in [3.63, 3.8) is 0 Å². The summed E-state index contributed by atoms with van der Waals surface area (Å²) in [5.74, 6) is 2.13. The molecule has 0 aliphatic heterocycles. The highest BCUT2D eigenvalue weighted by molar-refractivity contribution is 5.54. The summed E-state index contributed by atoms with van der Waals surface area (Å²) in [5, 5.41) is 8.85. The van der Waals surface area contributed by atoms with Crippen LogP contribution < -0.4 is 14.2 Å². The van der Waals surface area contributed by atoms with Crippen molar-refractivity contribution < 1.29 is 19.3 Å². The van der Waals surface area contributed by atoms with Crippen LogP contribution in [0.5, 0.6) is 17.2 Å². The molecule has 0 heterocycles. The highest BCUT2D eigenvalue weighted by atomic mass is 16.5. The van der Waals surface area contributed by atoms with Gasteiger partial charge in [-0.05, 0) is 11.5 Å². The molecule has 4 nitrogen and oxygen atoms in total. The molecule has 0 fully saturated rings. The summed E-state index contributed by atoms with van der Waals surface area (Å²) in [6.45, 7) is 6.91. The number of ether oxygens (including phenoxy) is 3. The Morgan fingerprint density at radius 1 is 1.11 bits per heavy atom. The van der Waals surface area contributed by atoms with E-state index in [0.29, 0.717) is 18.8 Å². The molecule has 0 saturated carbocycles. The van der Waals surface area contributed by atoms with E-state index in [9.17, 15) is 0 Å². The first-order valence-electron chi connectivity index (χ1n) is 6.44. The van der Waals surface area contributed by atoms with Gasteiger partial charge in [0.1, 0.15) is 5.75 Å². The molecule has 0 unspecified atom stereocenters. The van der Waals surface area contributed by atoms with Gasteiger partial charge in [0.25, 0.3) is 0 Å². The summed E-state index contributed by atoms with van der Waals surface area (Å²) in [6, 6.07) is 3.78. The molecule has 0 atom stereocenters. The molecular formula is C15H24O4. The van der Waals surface area contributed by atoms with E-state index < -0.39 is 0 Å². The van der Waals surface area contributed by atoms with Crippen LogP contribution in [0.4, 0.5) is 0 Å². The molecule has 1 aromatic rings. The minimum Gasteiger partial charge on any atom is -0.497 e. The zero-order valence-electron chi connectivity index (χ0n) is 12.4. The molecule has 0 amide bonds. The quantitative estimate of drug-likeness (QED) is 0.806. The lowest BCUT2D eigenvalue weighted by molar-refractivity contribution is 0.225. The van der Waals surface area contributed by atoms with Crippen molar-refractivity contribution in [3.8, 4) is 17.2 Å². The van der Waals surface area contributed by atoms with Crippen molar-refractivity contribution in [2.75, 3.05) is 27.4 Å². The van der Waals surface area contributed by atoms with Gasteiger partial charge in [-0.15, -0.1) is 0 Å². The summed E-state index contributed by atoms with van der Waals surface area (Å²) >= 11 is 0. The molecule has 0 saturated heterocycles. The Morgan fingerprint density at radius 3 is 2.26 bits per heavy atom. The third-order valence-corrected chi connectivity index (χ3v) is 2.84. The van der Waals surface area contributed by atoms with E-state index in [-0.39, 0.29) is 12.0 Å². The summed E-state index contributed by atoms with van der Waals surface area (Å²) in [7, 11) is 3.24. The molecule has 0 aliphatic rings. The number of hydrogen-bond donors (Lipinski definition) is 1. The van der Waals surface area contributed by atoms with Gasteiger partial charge in [-0.1, -0.05) is 20.8 Å². The van der Waals surface area contributed by atoms with Crippen LogP contribution in [0.2, 0.25) is 0 Å². The van der Waals surface area contributed by atoms with Crippen LogP contribution in [-0.4, -0.2) is 32.5 Å². The van der Waals surface area contributed by atoms with Gasteiger partial charge in [0.15, 0.2) is 11.5 Å². The van der Waals surface area contributed by atoms with Crippen LogP contribution >= 0.6 is 0 Å². The van der Waals surface area contributed by atoms with E-state index in [1.165, 1.54) is 0 Å². The first kappa shape index (κ1) is 15.6. The molecule has 0 bridgehead atoms. The zero-order valence-corrected chi connectivity index (χ0v) is 12.4. The minimum absolute atomic E-state index is 0.0869. The second kappa shape index (κ2) is 6.66. The molecule has 0 aromatic heterocycles. The third-order valence-electron chi connectivity index (χ3n) is 2.84. The van der Waals surface area contributed by atoms with Crippen LogP contribution in [0.15, 0.2) is 12.1 Å².